The second-order valence-electron chi connectivity index (χ2n) is 10.7. The van der Waals surface area contributed by atoms with Gasteiger partial charge in [-0.25, -0.2) is 4.68 Å². The molecular formula is C31H33ClN6O. The van der Waals surface area contributed by atoms with Crippen LogP contribution in [0.1, 0.15) is 61.3 Å². The van der Waals surface area contributed by atoms with E-state index in [-0.39, 0.29) is 11.1 Å². The Morgan fingerprint density at radius 1 is 0.974 bits per heavy atom. The van der Waals surface area contributed by atoms with Crippen molar-refractivity contribution < 1.29 is 0 Å². The van der Waals surface area contributed by atoms with Crippen LogP contribution < -0.4 is 5.56 Å². The van der Waals surface area contributed by atoms with Gasteiger partial charge in [0.15, 0.2) is 5.82 Å². The van der Waals surface area contributed by atoms with E-state index >= 15 is 0 Å². The SMILES string of the molecule is CCC(C)(C)n1nnnc1C(c1cc2cc(C)ccc2[nH]c1=O)N(Cc1ccccc1)Cc1ccc(Cl)cc1. The van der Waals surface area contributed by atoms with Crippen molar-refractivity contribution in [3.63, 3.8) is 0 Å². The van der Waals surface area contributed by atoms with Crippen molar-refractivity contribution in [3.8, 4) is 0 Å². The van der Waals surface area contributed by atoms with Crippen LogP contribution in [0.3, 0.4) is 0 Å². The maximum absolute atomic E-state index is 13.8. The maximum Gasteiger partial charge on any atom is 0.253 e. The lowest BCUT2D eigenvalue weighted by molar-refractivity contribution is 0.180. The number of hydrogen-bond acceptors (Lipinski definition) is 5. The molecule has 0 amide bonds. The van der Waals surface area contributed by atoms with Crippen LogP contribution >= 0.6 is 11.6 Å². The molecule has 1 N–H and O–H groups in total. The van der Waals surface area contributed by atoms with Gasteiger partial charge in [-0.15, -0.1) is 5.10 Å². The molecule has 0 spiro atoms. The van der Waals surface area contributed by atoms with Crippen molar-refractivity contribution in [1.82, 2.24) is 30.1 Å². The molecule has 8 heteroatoms. The number of aryl methyl sites for hydroxylation is 1. The third-order valence-corrected chi connectivity index (χ3v) is 7.64. The van der Waals surface area contributed by atoms with Crippen LogP contribution in [0.4, 0.5) is 0 Å². The first kappa shape index (κ1) is 26.8. The zero-order valence-corrected chi connectivity index (χ0v) is 23.5. The highest BCUT2D eigenvalue weighted by Gasteiger charge is 2.34. The zero-order chi connectivity index (χ0) is 27.6. The Morgan fingerprint density at radius 2 is 1.67 bits per heavy atom. The van der Waals surface area contributed by atoms with Crippen molar-refractivity contribution in [2.24, 2.45) is 0 Å². The molecule has 0 aliphatic heterocycles. The van der Waals surface area contributed by atoms with Gasteiger partial charge in [-0.05, 0) is 84.5 Å². The number of pyridine rings is 1. The Bertz CT molecular complexity index is 1630. The number of H-pyrrole nitrogens is 1. The summed E-state index contributed by atoms with van der Waals surface area (Å²) in [6, 6.07) is 25.6. The van der Waals surface area contributed by atoms with Gasteiger partial charge in [0.2, 0.25) is 0 Å². The largest absolute Gasteiger partial charge is 0.322 e. The van der Waals surface area contributed by atoms with Crippen molar-refractivity contribution in [2.45, 2.75) is 58.8 Å². The summed E-state index contributed by atoms with van der Waals surface area (Å²) in [7, 11) is 0. The number of tetrazole rings is 1. The van der Waals surface area contributed by atoms with Crippen LogP contribution in [0.2, 0.25) is 5.02 Å². The highest BCUT2D eigenvalue weighted by molar-refractivity contribution is 6.30. The van der Waals surface area contributed by atoms with E-state index in [9.17, 15) is 4.79 Å². The normalized spacial score (nSPS) is 12.8. The van der Waals surface area contributed by atoms with Crippen LogP contribution in [-0.4, -0.2) is 30.1 Å². The minimum atomic E-state index is -0.518. The van der Waals surface area contributed by atoms with E-state index in [0.29, 0.717) is 29.5 Å². The molecule has 0 saturated heterocycles. The zero-order valence-electron chi connectivity index (χ0n) is 22.7. The summed E-state index contributed by atoms with van der Waals surface area (Å²) in [5.74, 6) is 0.629. The predicted molar refractivity (Wildman–Crippen MR) is 156 cm³/mol. The number of rotatable bonds is 9. The Labute approximate surface area is 233 Å². The number of aromatic amines is 1. The van der Waals surface area contributed by atoms with Crippen molar-refractivity contribution in [1.29, 1.82) is 0 Å². The number of halogens is 1. The Hall–Kier alpha value is -3.81. The predicted octanol–water partition coefficient (Wildman–Crippen LogP) is 6.41. The lowest BCUT2D eigenvalue weighted by Crippen LogP contribution is -2.38. The smallest absolute Gasteiger partial charge is 0.253 e. The number of fused-ring (bicyclic) bond motifs is 1. The molecule has 1 unspecified atom stereocenters. The highest BCUT2D eigenvalue weighted by Crippen LogP contribution is 2.33. The Morgan fingerprint density at radius 3 is 2.36 bits per heavy atom. The van der Waals surface area contributed by atoms with Crippen molar-refractivity contribution in [3.05, 3.63) is 122 Å². The lowest BCUT2D eigenvalue weighted by atomic mass is 9.98. The second kappa shape index (κ2) is 11.1. The van der Waals surface area contributed by atoms with Crippen molar-refractivity contribution >= 4 is 22.5 Å². The van der Waals surface area contributed by atoms with Crippen LogP contribution in [-0.2, 0) is 18.6 Å². The molecule has 5 aromatic rings. The van der Waals surface area contributed by atoms with E-state index in [4.69, 9.17) is 11.6 Å². The lowest BCUT2D eigenvalue weighted by Gasteiger charge is -2.33. The molecule has 3 aromatic carbocycles. The number of nitrogens with one attached hydrogen (secondary N) is 1. The Balaban J connectivity index is 1.74. The van der Waals surface area contributed by atoms with Gasteiger partial charge in [-0.1, -0.05) is 72.6 Å². The monoisotopic (exact) mass is 540 g/mol. The summed E-state index contributed by atoms with van der Waals surface area (Å²) in [6.07, 6.45) is 0.820. The van der Waals surface area contributed by atoms with Crippen LogP contribution in [0, 0.1) is 6.92 Å². The molecule has 0 bridgehead atoms. The summed E-state index contributed by atoms with van der Waals surface area (Å²) in [5, 5.41) is 14.7. The second-order valence-corrected chi connectivity index (χ2v) is 11.1. The van der Waals surface area contributed by atoms with Crippen molar-refractivity contribution in [2.75, 3.05) is 0 Å². The Kier molecular flexibility index (Phi) is 7.64. The molecule has 2 aromatic heterocycles. The van der Waals surface area contributed by atoms with Gasteiger partial charge in [0, 0.05) is 29.2 Å². The summed E-state index contributed by atoms with van der Waals surface area (Å²) in [4.78, 5) is 19.1. The van der Waals surface area contributed by atoms with E-state index in [1.54, 1.807) is 0 Å². The third kappa shape index (κ3) is 5.79. The van der Waals surface area contributed by atoms with E-state index in [2.05, 4.69) is 64.4 Å². The summed E-state index contributed by atoms with van der Waals surface area (Å²) >= 11 is 6.20. The molecule has 0 aliphatic rings. The first-order valence-corrected chi connectivity index (χ1v) is 13.6. The number of benzene rings is 3. The molecule has 5 rings (SSSR count). The molecule has 2 heterocycles. The average Bonchev–Trinajstić information content (AvgIpc) is 3.42. The molecule has 1 atom stereocenters. The fourth-order valence-electron chi connectivity index (χ4n) is 4.87. The van der Waals surface area contributed by atoms with Crippen LogP contribution in [0.5, 0.6) is 0 Å². The molecule has 0 fully saturated rings. The summed E-state index contributed by atoms with van der Waals surface area (Å²) < 4.78 is 1.87. The summed E-state index contributed by atoms with van der Waals surface area (Å²) in [6.45, 7) is 9.52. The van der Waals surface area contributed by atoms with E-state index in [1.165, 1.54) is 0 Å². The van der Waals surface area contributed by atoms with Gasteiger partial charge >= 0.3 is 0 Å². The number of nitrogens with zero attached hydrogens (tertiary/aromatic N) is 5. The van der Waals surface area contributed by atoms with Crippen LogP contribution in [0.25, 0.3) is 10.9 Å². The minimum Gasteiger partial charge on any atom is -0.322 e. The van der Waals surface area contributed by atoms with E-state index in [0.717, 1.165) is 34.0 Å². The first-order chi connectivity index (χ1) is 18.7. The van der Waals surface area contributed by atoms with E-state index < -0.39 is 6.04 Å². The van der Waals surface area contributed by atoms with Gasteiger partial charge in [0.1, 0.15) is 6.04 Å². The average molecular weight is 541 g/mol. The van der Waals surface area contributed by atoms with Gasteiger partial charge in [0.05, 0.1) is 5.54 Å². The molecule has 39 heavy (non-hydrogen) atoms. The highest BCUT2D eigenvalue weighted by atomic mass is 35.5. The van der Waals surface area contributed by atoms with Crippen LogP contribution in [0.15, 0.2) is 83.7 Å². The van der Waals surface area contributed by atoms with Gasteiger partial charge < -0.3 is 4.98 Å². The standard InChI is InChI=1S/C31H33ClN6O/c1-5-31(3,4)38-29(34-35-36-38)28(26-18-24-17-21(2)11-16-27(24)33-30(26)39)37(19-22-9-7-6-8-10-22)20-23-12-14-25(32)15-13-23/h6-18,28H,5,19-20H2,1-4H3,(H,33,39). The third-order valence-electron chi connectivity index (χ3n) is 7.39. The molecule has 0 radical (unpaired) electrons. The maximum atomic E-state index is 13.8. The molecule has 0 saturated carbocycles. The molecular weight excluding hydrogens is 508 g/mol. The first-order valence-electron chi connectivity index (χ1n) is 13.2. The molecule has 7 nitrogen and oxygen atoms in total. The number of hydrogen-bond donors (Lipinski definition) is 1. The molecule has 0 aliphatic carbocycles. The molecule has 200 valence electrons. The quantitative estimate of drug-likeness (QED) is 0.233. The minimum absolute atomic E-state index is 0.158. The fraction of sp³-hybridized carbons (Fsp3) is 0.290. The van der Waals surface area contributed by atoms with E-state index in [1.807, 2.05) is 72.3 Å². The fourth-order valence-corrected chi connectivity index (χ4v) is 5.00. The van der Waals surface area contributed by atoms with Gasteiger partial charge in [-0.2, -0.15) is 0 Å². The van der Waals surface area contributed by atoms with Gasteiger partial charge in [0.25, 0.3) is 5.56 Å². The summed E-state index contributed by atoms with van der Waals surface area (Å²) in [5.41, 5.74) is 4.21. The van der Waals surface area contributed by atoms with Gasteiger partial charge in [-0.3, -0.25) is 9.69 Å². The topological polar surface area (TPSA) is 79.7 Å². The number of aromatic nitrogens is 5.